The fraction of sp³-hybridized carbons (Fsp3) is 0.200. The summed E-state index contributed by atoms with van der Waals surface area (Å²) >= 11 is 1.28. The Bertz CT molecular complexity index is 1120. The Morgan fingerprint density at radius 1 is 1.17 bits per heavy atom. The highest BCUT2D eigenvalue weighted by Gasteiger charge is 2.14. The number of aromatic amines is 1. The number of carbonyl (C=O) groups excluding carboxylic acids is 2. The first kappa shape index (κ1) is 19.6. The van der Waals surface area contributed by atoms with Gasteiger partial charge in [-0.05, 0) is 30.2 Å². The predicted octanol–water partition coefficient (Wildman–Crippen LogP) is 2.06. The molecule has 3 heterocycles. The normalized spacial score (nSPS) is 11.9. The van der Waals surface area contributed by atoms with E-state index in [0.717, 1.165) is 11.3 Å². The maximum Gasteiger partial charge on any atom is 0.258 e. The molecule has 0 bridgehead atoms. The van der Waals surface area contributed by atoms with Crippen LogP contribution >= 0.6 is 11.3 Å². The van der Waals surface area contributed by atoms with Crippen LogP contribution in [-0.2, 0) is 17.8 Å². The summed E-state index contributed by atoms with van der Waals surface area (Å²) in [7, 11) is 0. The van der Waals surface area contributed by atoms with Crippen LogP contribution in [0.4, 0.5) is 5.13 Å². The Hall–Kier alpha value is -3.66. The van der Waals surface area contributed by atoms with Crippen molar-refractivity contribution in [3.8, 4) is 11.5 Å². The highest BCUT2D eigenvalue weighted by atomic mass is 32.1. The van der Waals surface area contributed by atoms with Gasteiger partial charge in [0.05, 0.1) is 11.3 Å². The van der Waals surface area contributed by atoms with Crippen molar-refractivity contribution in [1.82, 2.24) is 15.3 Å². The number of amides is 2. The molecule has 4 rings (SSSR count). The molecule has 9 nitrogen and oxygen atoms in total. The molecule has 10 heteroatoms. The molecule has 2 aromatic heterocycles. The van der Waals surface area contributed by atoms with Gasteiger partial charge in [-0.3, -0.25) is 19.7 Å². The highest BCUT2D eigenvalue weighted by Crippen LogP contribution is 2.32. The number of nitrogens with one attached hydrogen (secondary N) is 3. The number of fused-ring (bicyclic) bond motifs is 1. The second kappa shape index (κ2) is 8.78. The van der Waals surface area contributed by atoms with Crippen molar-refractivity contribution in [2.45, 2.75) is 19.4 Å². The highest BCUT2D eigenvalue weighted by molar-refractivity contribution is 7.14. The third kappa shape index (κ3) is 4.84. The first-order valence-electron chi connectivity index (χ1n) is 9.16. The molecule has 0 saturated carbocycles. The van der Waals surface area contributed by atoms with Gasteiger partial charge < -0.3 is 19.8 Å². The second-order valence-corrected chi connectivity index (χ2v) is 7.36. The van der Waals surface area contributed by atoms with Gasteiger partial charge in [-0.15, -0.1) is 11.3 Å². The molecule has 3 N–H and O–H groups in total. The Morgan fingerprint density at radius 3 is 2.87 bits per heavy atom. The van der Waals surface area contributed by atoms with Crippen LogP contribution in [0, 0.1) is 0 Å². The molecule has 1 aliphatic rings. The molecular weight excluding hydrogens is 408 g/mol. The minimum Gasteiger partial charge on any atom is -0.454 e. The number of rotatable bonds is 7. The van der Waals surface area contributed by atoms with Crippen LogP contribution in [0.2, 0.25) is 0 Å². The van der Waals surface area contributed by atoms with Crippen LogP contribution < -0.4 is 25.7 Å². The van der Waals surface area contributed by atoms with Crippen LogP contribution in [0.25, 0.3) is 0 Å². The number of benzene rings is 1. The van der Waals surface area contributed by atoms with Crippen molar-refractivity contribution in [3.63, 3.8) is 0 Å². The molecule has 1 aliphatic heterocycles. The number of aromatic nitrogens is 2. The number of pyridine rings is 1. The third-order valence-electron chi connectivity index (χ3n) is 4.35. The summed E-state index contributed by atoms with van der Waals surface area (Å²) in [6, 6.07) is 8.27. The van der Waals surface area contributed by atoms with Gasteiger partial charge in [0.15, 0.2) is 16.6 Å². The number of nitrogens with zero attached hydrogens (tertiary/aromatic N) is 1. The van der Waals surface area contributed by atoms with Crippen molar-refractivity contribution in [3.05, 3.63) is 69.1 Å². The van der Waals surface area contributed by atoms with Gasteiger partial charge in [0, 0.05) is 30.6 Å². The van der Waals surface area contributed by atoms with E-state index in [9.17, 15) is 14.4 Å². The maximum absolute atomic E-state index is 12.1. The average molecular weight is 426 g/mol. The minimum atomic E-state index is -0.367. The van der Waals surface area contributed by atoms with E-state index in [2.05, 4.69) is 20.6 Å². The van der Waals surface area contributed by atoms with Crippen LogP contribution in [0.1, 0.15) is 28.0 Å². The number of hydrogen-bond acceptors (Lipinski definition) is 7. The van der Waals surface area contributed by atoms with Crippen LogP contribution in [-0.4, -0.2) is 28.6 Å². The summed E-state index contributed by atoms with van der Waals surface area (Å²) in [4.78, 5) is 42.1. The molecular formula is C20H18N4O5S. The van der Waals surface area contributed by atoms with Crippen molar-refractivity contribution < 1.29 is 19.1 Å². The Balaban J connectivity index is 1.23. The number of hydrogen-bond donors (Lipinski definition) is 3. The number of H-pyrrole nitrogens is 1. The summed E-state index contributed by atoms with van der Waals surface area (Å²) in [5, 5.41) is 7.78. The van der Waals surface area contributed by atoms with E-state index in [4.69, 9.17) is 9.47 Å². The topological polar surface area (TPSA) is 122 Å². The zero-order chi connectivity index (χ0) is 20.9. The molecule has 0 radical (unpaired) electrons. The zero-order valence-corrected chi connectivity index (χ0v) is 16.6. The van der Waals surface area contributed by atoms with E-state index in [1.54, 1.807) is 5.38 Å². The van der Waals surface area contributed by atoms with Crippen molar-refractivity contribution in [2.75, 3.05) is 12.1 Å². The zero-order valence-electron chi connectivity index (χ0n) is 15.8. The Labute approximate surface area is 175 Å². The number of carbonyl (C=O) groups is 2. The lowest BCUT2D eigenvalue weighted by molar-refractivity contribution is -0.121. The molecule has 1 aromatic carbocycles. The van der Waals surface area contributed by atoms with Crippen molar-refractivity contribution in [1.29, 1.82) is 0 Å². The Kier molecular flexibility index (Phi) is 5.75. The van der Waals surface area contributed by atoms with E-state index in [1.165, 1.54) is 29.7 Å². The van der Waals surface area contributed by atoms with E-state index in [0.29, 0.717) is 35.2 Å². The molecule has 0 unspecified atom stereocenters. The summed E-state index contributed by atoms with van der Waals surface area (Å²) in [6.07, 6.45) is 2.08. The van der Waals surface area contributed by atoms with Crippen LogP contribution in [0.15, 0.2) is 46.7 Å². The van der Waals surface area contributed by atoms with Gasteiger partial charge in [0.2, 0.25) is 18.3 Å². The second-order valence-electron chi connectivity index (χ2n) is 6.50. The first-order chi connectivity index (χ1) is 14.6. The molecule has 2 amide bonds. The van der Waals surface area contributed by atoms with E-state index in [-0.39, 0.29) is 30.6 Å². The first-order valence-corrected chi connectivity index (χ1v) is 10.0. The fourth-order valence-electron chi connectivity index (χ4n) is 2.78. The fourth-order valence-corrected chi connectivity index (χ4v) is 3.52. The quantitative estimate of drug-likeness (QED) is 0.532. The summed E-state index contributed by atoms with van der Waals surface area (Å²) in [6.45, 7) is 0.610. The van der Waals surface area contributed by atoms with Gasteiger partial charge in [0.25, 0.3) is 5.91 Å². The minimum absolute atomic E-state index is 0.0977. The number of ether oxygens (including phenoxy) is 2. The Morgan fingerprint density at radius 2 is 2.03 bits per heavy atom. The molecule has 0 saturated heterocycles. The average Bonchev–Trinajstić information content (AvgIpc) is 3.40. The predicted molar refractivity (Wildman–Crippen MR) is 110 cm³/mol. The van der Waals surface area contributed by atoms with Crippen molar-refractivity contribution in [2.24, 2.45) is 0 Å². The maximum atomic E-state index is 12.1. The van der Waals surface area contributed by atoms with Gasteiger partial charge in [-0.1, -0.05) is 6.07 Å². The lowest BCUT2D eigenvalue weighted by Gasteiger charge is -2.06. The van der Waals surface area contributed by atoms with Gasteiger partial charge in [-0.2, -0.15) is 0 Å². The van der Waals surface area contributed by atoms with E-state index < -0.39 is 0 Å². The largest absolute Gasteiger partial charge is 0.454 e. The summed E-state index contributed by atoms with van der Waals surface area (Å²) in [5.41, 5.74) is 1.69. The van der Waals surface area contributed by atoms with Gasteiger partial charge in [0.1, 0.15) is 0 Å². The van der Waals surface area contributed by atoms with Crippen LogP contribution in [0.3, 0.4) is 0 Å². The summed E-state index contributed by atoms with van der Waals surface area (Å²) in [5.74, 6) is 0.922. The third-order valence-corrected chi connectivity index (χ3v) is 5.16. The molecule has 3 aromatic rings. The van der Waals surface area contributed by atoms with Gasteiger partial charge in [-0.25, -0.2) is 4.98 Å². The van der Waals surface area contributed by atoms with Crippen molar-refractivity contribution >= 4 is 28.3 Å². The molecule has 154 valence electrons. The van der Waals surface area contributed by atoms with E-state index >= 15 is 0 Å². The molecule has 0 fully saturated rings. The monoisotopic (exact) mass is 426 g/mol. The van der Waals surface area contributed by atoms with E-state index in [1.807, 2.05) is 18.2 Å². The standard InChI is InChI=1S/C20H18N4O5S/c25-17-5-2-13(9-22-17)19(27)24-20-23-14(10-30-20)3-6-18(26)21-8-12-1-4-15-16(7-12)29-11-28-15/h1-2,4-5,7,9-10H,3,6,8,11H2,(H,21,26)(H,22,25)(H,23,24,27). The number of anilines is 1. The molecule has 0 spiro atoms. The molecule has 0 aliphatic carbocycles. The molecule has 0 atom stereocenters. The lowest BCUT2D eigenvalue weighted by atomic mass is 10.2. The van der Waals surface area contributed by atoms with Gasteiger partial charge >= 0.3 is 0 Å². The summed E-state index contributed by atoms with van der Waals surface area (Å²) < 4.78 is 10.6. The number of aryl methyl sites for hydroxylation is 1. The lowest BCUT2D eigenvalue weighted by Crippen LogP contribution is -2.23. The SMILES string of the molecule is O=C(CCc1csc(NC(=O)c2ccc(=O)[nH]c2)n1)NCc1ccc2c(c1)OCO2. The van der Waals surface area contributed by atoms with Crippen LogP contribution in [0.5, 0.6) is 11.5 Å². The smallest absolute Gasteiger partial charge is 0.258 e. The number of thiazole rings is 1. The molecule has 30 heavy (non-hydrogen) atoms.